The molecule has 1 heterocycles. The van der Waals surface area contributed by atoms with Crippen molar-refractivity contribution in [1.29, 1.82) is 0 Å². The number of hydrogen-bond donors (Lipinski definition) is 1. The first-order chi connectivity index (χ1) is 3.00. The lowest BCUT2D eigenvalue weighted by Crippen LogP contribution is -2.04. The highest BCUT2D eigenvalue weighted by Gasteiger charge is 1.94. The van der Waals surface area contributed by atoms with Gasteiger partial charge in [-0.15, -0.1) is 5.59 Å². The van der Waals surface area contributed by atoms with Gasteiger partial charge in [-0.2, -0.15) is 0 Å². The van der Waals surface area contributed by atoms with Crippen molar-refractivity contribution in [3.05, 3.63) is 12.0 Å². The van der Waals surface area contributed by atoms with Crippen molar-refractivity contribution < 1.29 is 4.84 Å². The number of nitrogens with one attached hydrogen (secondary N) is 1. The quantitative estimate of drug-likeness (QED) is 0.426. The summed E-state index contributed by atoms with van der Waals surface area (Å²) in [5.41, 5.74) is 4.18. The minimum Gasteiger partial charge on any atom is -0.368 e. The Morgan fingerprint density at radius 1 is 1.83 bits per heavy atom. The zero-order valence-corrected chi connectivity index (χ0v) is 4.01. The van der Waals surface area contributed by atoms with Crippen LogP contribution < -0.4 is 5.59 Å². The summed E-state index contributed by atoms with van der Waals surface area (Å²) < 4.78 is 3.65. The van der Waals surface area contributed by atoms with Crippen LogP contribution in [-0.2, 0) is 4.84 Å². The van der Waals surface area contributed by atoms with Crippen molar-refractivity contribution in [2.75, 3.05) is 0 Å². The summed E-state index contributed by atoms with van der Waals surface area (Å²) >= 11 is 0. The molecule has 0 aromatic rings. The van der Waals surface area contributed by atoms with Gasteiger partial charge in [0.2, 0.25) is 0 Å². The molecule has 0 aromatic carbocycles. The molecule has 0 radical (unpaired) electrons. The van der Waals surface area contributed by atoms with Crippen LogP contribution in [0.2, 0.25) is 0 Å². The van der Waals surface area contributed by atoms with E-state index < -0.39 is 0 Å². The van der Waals surface area contributed by atoms with Gasteiger partial charge in [0.1, 0.15) is 0 Å². The van der Waals surface area contributed by atoms with Gasteiger partial charge in [0.25, 0.3) is 0 Å². The summed E-state index contributed by atoms with van der Waals surface area (Å²) in [5.74, 6) is 0. The van der Waals surface area contributed by atoms with E-state index >= 15 is 0 Å². The van der Waals surface area contributed by atoms with Gasteiger partial charge >= 0.3 is 9.31 Å². The normalized spacial score (nSPS) is 14.7. The summed E-state index contributed by atoms with van der Waals surface area (Å²) in [6.07, 6.45) is 1.57. The van der Waals surface area contributed by atoms with Crippen LogP contribution in [0.4, 0.5) is 0 Å². The lowest BCUT2D eigenvalue weighted by molar-refractivity contribution is 0.137. The second-order valence-corrected chi connectivity index (χ2v) is 1.57. The van der Waals surface area contributed by atoms with E-state index in [9.17, 15) is 0 Å². The van der Waals surface area contributed by atoms with E-state index in [-0.39, 0.29) is 0 Å². The maximum atomic E-state index is 4.48. The van der Waals surface area contributed by atoms with E-state index in [4.69, 9.17) is 0 Å². The standard InChI is InChI=1S/C2H3N2OSi/c1-2-6-4-3-5-1/h1-3H/q+1. The van der Waals surface area contributed by atoms with Crippen LogP contribution >= 0.6 is 0 Å². The largest absolute Gasteiger partial charge is 0.643 e. The Hall–Kier alpha value is -0.643. The lowest BCUT2D eigenvalue weighted by atomic mass is 11.2. The zero-order valence-electron chi connectivity index (χ0n) is 3.01. The summed E-state index contributed by atoms with van der Waals surface area (Å²) in [6.45, 7) is 0. The summed E-state index contributed by atoms with van der Waals surface area (Å²) in [4.78, 5) is 4.48. The molecule has 0 spiro atoms. The van der Waals surface area contributed by atoms with Crippen LogP contribution in [0.25, 0.3) is 0 Å². The predicted molar refractivity (Wildman–Crippen MR) is 21.5 cm³/mol. The van der Waals surface area contributed by atoms with Gasteiger partial charge in [0, 0.05) is 4.74 Å². The van der Waals surface area contributed by atoms with Gasteiger partial charge in [0.05, 0.1) is 0 Å². The summed E-state index contributed by atoms with van der Waals surface area (Å²) in [6, 6.07) is 0. The van der Waals surface area contributed by atoms with Crippen LogP contribution in [0.3, 0.4) is 0 Å². The van der Waals surface area contributed by atoms with Gasteiger partial charge < -0.3 is 4.84 Å². The third-order valence-corrected chi connectivity index (χ3v) is 0.879. The molecule has 1 N–H and O–H groups in total. The van der Waals surface area contributed by atoms with E-state index in [0.717, 1.165) is 0 Å². The van der Waals surface area contributed by atoms with E-state index in [0.29, 0.717) is 9.31 Å². The fourth-order valence-electron chi connectivity index (χ4n) is 0.185. The molecule has 1 rings (SSSR count). The molecule has 0 amide bonds. The summed E-state index contributed by atoms with van der Waals surface area (Å²) in [5, 5.41) is 0. The highest BCUT2D eigenvalue weighted by atomic mass is 28.2. The van der Waals surface area contributed by atoms with Crippen molar-refractivity contribution >= 4 is 9.31 Å². The Balaban J connectivity index is 2.46. The first-order valence-corrected chi connectivity index (χ1v) is 2.53. The molecule has 1 aliphatic rings. The molecule has 0 aliphatic carbocycles. The Labute approximate surface area is 37.5 Å². The SMILES string of the molecule is C1=C[Si+]=NNO1. The fraction of sp³-hybridized carbons (Fsp3) is 0. The topological polar surface area (TPSA) is 33.6 Å². The highest BCUT2D eigenvalue weighted by molar-refractivity contribution is 6.28. The Morgan fingerprint density at radius 3 is 3.00 bits per heavy atom. The van der Waals surface area contributed by atoms with Crippen molar-refractivity contribution in [2.45, 2.75) is 0 Å². The fourth-order valence-corrected chi connectivity index (χ4v) is 0.494. The Kier molecular flexibility index (Phi) is 1.01. The second kappa shape index (κ2) is 1.71. The number of nitrogens with zero attached hydrogens (tertiary/aromatic N) is 1. The smallest absolute Gasteiger partial charge is 0.368 e. The molecular formula is C2H3N2OSi+. The third kappa shape index (κ3) is 0.650. The van der Waals surface area contributed by atoms with Crippen LogP contribution in [0, 0.1) is 0 Å². The average molecular weight is 99.1 g/mol. The minimum atomic E-state index is 0.510. The molecular weight excluding hydrogens is 96.1 g/mol. The molecule has 0 fully saturated rings. The molecule has 0 bridgehead atoms. The van der Waals surface area contributed by atoms with E-state index in [1.165, 1.54) is 0 Å². The van der Waals surface area contributed by atoms with Crippen molar-refractivity contribution in [1.82, 2.24) is 5.59 Å². The third-order valence-electron chi connectivity index (χ3n) is 0.374. The Morgan fingerprint density at radius 2 is 2.83 bits per heavy atom. The molecule has 6 heavy (non-hydrogen) atoms. The highest BCUT2D eigenvalue weighted by Crippen LogP contribution is 1.73. The maximum Gasteiger partial charge on any atom is 0.643 e. The molecule has 0 saturated heterocycles. The van der Waals surface area contributed by atoms with E-state index in [2.05, 4.69) is 15.2 Å². The molecule has 0 saturated carbocycles. The lowest BCUT2D eigenvalue weighted by Gasteiger charge is -1.88. The average Bonchev–Trinajstić information content (AvgIpc) is 1.72. The first-order valence-electron chi connectivity index (χ1n) is 1.51. The monoisotopic (exact) mass is 99.0 g/mol. The van der Waals surface area contributed by atoms with Crippen LogP contribution in [0.15, 0.2) is 16.7 Å². The molecule has 4 heteroatoms. The Bertz CT molecular complexity index is 77.5. The van der Waals surface area contributed by atoms with Crippen LogP contribution in [0.5, 0.6) is 0 Å². The van der Waals surface area contributed by atoms with Gasteiger partial charge in [0.15, 0.2) is 12.0 Å². The molecule has 3 nitrogen and oxygen atoms in total. The maximum absolute atomic E-state index is 4.48. The molecule has 0 aromatic heterocycles. The van der Waals surface area contributed by atoms with Gasteiger partial charge in [-0.05, 0) is 0 Å². The van der Waals surface area contributed by atoms with Crippen LogP contribution in [0.1, 0.15) is 0 Å². The van der Waals surface area contributed by atoms with E-state index in [1.807, 2.05) is 5.70 Å². The van der Waals surface area contributed by atoms with Crippen molar-refractivity contribution in [3.8, 4) is 0 Å². The number of rotatable bonds is 0. The van der Waals surface area contributed by atoms with Crippen molar-refractivity contribution in [2.24, 2.45) is 4.74 Å². The number of hydrogen-bond acceptors (Lipinski definition) is 3. The van der Waals surface area contributed by atoms with Gasteiger partial charge in [-0.3, -0.25) is 0 Å². The molecule has 0 atom stereocenters. The summed E-state index contributed by atoms with van der Waals surface area (Å²) in [7, 11) is 0.510. The molecule has 1 aliphatic heterocycles. The molecule has 0 unspecified atom stereocenters. The zero-order chi connectivity index (χ0) is 4.24. The van der Waals surface area contributed by atoms with Crippen LogP contribution in [-0.4, -0.2) is 9.31 Å². The first kappa shape index (κ1) is 3.54. The second-order valence-electron chi connectivity index (χ2n) is 0.753. The van der Waals surface area contributed by atoms with Gasteiger partial charge in [-0.1, -0.05) is 0 Å². The minimum absolute atomic E-state index is 0.510. The molecule has 30 valence electrons. The van der Waals surface area contributed by atoms with E-state index in [1.54, 1.807) is 6.26 Å². The van der Waals surface area contributed by atoms with Crippen molar-refractivity contribution in [3.63, 3.8) is 0 Å². The predicted octanol–water partition coefficient (Wildman–Crippen LogP) is -0.205. The van der Waals surface area contributed by atoms with Gasteiger partial charge in [-0.25, -0.2) is 0 Å².